The van der Waals surface area contributed by atoms with E-state index in [-0.39, 0.29) is 8.96 Å². The highest BCUT2D eigenvalue weighted by molar-refractivity contribution is 8.00. The lowest BCUT2D eigenvalue weighted by Gasteiger charge is -2.68. The first kappa shape index (κ1) is 19.4. The number of thioether (sulfide) groups is 1. The number of fused-ring (bicyclic) bond motifs is 2. The van der Waals surface area contributed by atoms with Crippen molar-refractivity contribution in [3.05, 3.63) is 35.5 Å². The Labute approximate surface area is 185 Å². The second-order valence-corrected chi connectivity index (χ2v) is 12.5. The number of ketones is 1. The minimum atomic E-state index is 0.110. The van der Waals surface area contributed by atoms with Crippen molar-refractivity contribution in [3.8, 4) is 0 Å². The molecule has 1 aliphatic heterocycles. The van der Waals surface area contributed by atoms with Gasteiger partial charge in [0.25, 0.3) is 0 Å². The number of aromatic amines is 1. The van der Waals surface area contributed by atoms with Crippen molar-refractivity contribution in [2.24, 2.45) is 5.41 Å². The normalized spacial score (nSPS) is 36.6. The van der Waals surface area contributed by atoms with Crippen LogP contribution in [0, 0.1) is 5.41 Å². The lowest BCUT2D eigenvalue weighted by atomic mass is 9.63. The molecule has 1 saturated heterocycles. The predicted molar refractivity (Wildman–Crippen MR) is 113 cm³/mol. The van der Waals surface area contributed by atoms with Crippen molar-refractivity contribution in [1.82, 2.24) is 9.88 Å². The van der Waals surface area contributed by atoms with Crippen molar-refractivity contribution < 1.29 is 27.4 Å². The highest BCUT2D eigenvalue weighted by Gasteiger charge is 2.64. The van der Waals surface area contributed by atoms with Gasteiger partial charge in [-0.25, -0.2) is 0 Å². The molecule has 151 valence electrons. The number of hydrogen-bond acceptors (Lipinski definition) is 3. The van der Waals surface area contributed by atoms with Gasteiger partial charge in [-0.15, -0.1) is 3.42 Å². The number of piperidine rings is 1. The monoisotopic (exact) mass is 508 g/mol. The van der Waals surface area contributed by atoms with Crippen LogP contribution in [0.15, 0.2) is 24.4 Å². The Morgan fingerprint density at radius 1 is 1.43 bits per heavy atom. The maximum Gasteiger partial charge on any atom is 0.139 e. The Bertz CT molecular complexity index is 957. The van der Waals surface area contributed by atoms with Crippen molar-refractivity contribution in [2.75, 3.05) is 18.8 Å². The molecule has 1 N–H and O–H groups in total. The van der Waals surface area contributed by atoms with E-state index >= 15 is 0 Å². The van der Waals surface area contributed by atoms with E-state index in [1.54, 1.807) is 6.92 Å². The van der Waals surface area contributed by atoms with Gasteiger partial charge in [0.2, 0.25) is 0 Å². The smallest absolute Gasteiger partial charge is 0.139 e. The molecule has 2 aliphatic carbocycles. The average Bonchev–Trinajstić information content (AvgIpc) is 3.14. The van der Waals surface area contributed by atoms with E-state index in [0.717, 1.165) is 13.0 Å². The zero-order chi connectivity index (χ0) is 19.7. The molecule has 1 unspecified atom stereocenters. The fraction of sp³-hybridized carbons (Fsp3) is 0.609. The summed E-state index contributed by atoms with van der Waals surface area (Å²) in [6, 6.07) is 6.83. The third-order valence-electron chi connectivity index (χ3n) is 7.50. The molecule has 5 rings (SSSR count). The molecule has 0 bridgehead atoms. The fourth-order valence-electron chi connectivity index (χ4n) is 5.98. The number of nitrogens with one attached hydrogen (secondary N) is 1. The van der Waals surface area contributed by atoms with Crippen LogP contribution in [-0.4, -0.2) is 45.3 Å². The second kappa shape index (κ2) is 6.48. The summed E-state index contributed by atoms with van der Waals surface area (Å²) in [5.74, 6) is 0.977. The predicted octanol–water partition coefficient (Wildman–Crippen LogP) is 1.43. The molecular formula is C23H29IN2OS-. The number of aromatic nitrogens is 1. The Hall–Kier alpha value is -0.530. The minimum absolute atomic E-state index is 0.110. The molecule has 3 aliphatic rings. The highest BCUT2D eigenvalue weighted by atomic mass is 127. The molecule has 1 radical (unpaired) electrons. The molecule has 3 nitrogen and oxygen atoms in total. The van der Waals surface area contributed by atoms with Gasteiger partial charge in [-0.3, -0.25) is 9.69 Å². The molecule has 2 aromatic rings. The lowest BCUT2D eigenvalue weighted by Crippen LogP contribution is -3.44. The molecular weight excluding hydrogens is 479 g/mol. The van der Waals surface area contributed by atoms with Crippen LogP contribution in [-0.2, 0) is 14.6 Å². The van der Waals surface area contributed by atoms with E-state index in [4.69, 9.17) is 0 Å². The molecule has 28 heavy (non-hydrogen) atoms. The third-order valence-corrected chi connectivity index (χ3v) is 11.3. The molecule has 2 heterocycles. The Morgan fingerprint density at radius 2 is 2.25 bits per heavy atom. The molecule has 0 amide bonds. The molecule has 4 atom stereocenters. The lowest BCUT2D eigenvalue weighted by molar-refractivity contribution is -0.527. The number of carbonyl (C=O) groups is 1. The number of likely N-dealkylation sites (tertiary alicyclic amines) is 1. The number of hydrogen-bond donors (Lipinski definition) is 1. The summed E-state index contributed by atoms with van der Waals surface area (Å²) >= 11 is 4.74. The number of carbonyl (C=O) groups excluding carboxylic acids is 1. The third kappa shape index (κ3) is 2.61. The SMILES string of the molecule is CCCN1C[C@]2(C[C@H]2SCC(C)=O)CC2([I-])c3cccc4[nH]cc(c34)C[C@@]12C. The van der Waals surface area contributed by atoms with Crippen LogP contribution < -0.4 is 22.6 Å². The fourth-order valence-corrected chi connectivity index (χ4v) is 9.12. The van der Waals surface area contributed by atoms with Crippen molar-refractivity contribution in [2.45, 2.75) is 60.7 Å². The molecule has 5 heteroatoms. The quantitative estimate of drug-likeness (QED) is 0.491. The van der Waals surface area contributed by atoms with E-state index < -0.39 is 0 Å². The van der Waals surface area contributed by atoms with Gasteiger partial charge in [0.1, 0.15) is 5.78 Å². The Balaban J connectivity index is 1.59. The first-order chi connectivity index (χ1) is 13.3. The summed E-state index contributed by atoms with van der Waals surface area (Å²) in [6.45, 7) is 8.88. The topological polar surface area (TPSA) is 36.1 Å². The number of rotatable bonds is 5. The largest absolute Gasteiger partial charge is 0.783 e. The summed E-state index contributed by atoms with van der Waals surface area (Å²) in [4.78, 5) is 17.9. The van der Waals surface area contributed by atoms with Crippen LogP contribution in [0.3, 0.4) is 0 Å². The number of nitrogens with zero attached hydrogens (tertiary/aromatic N) is 1. The Morgan fingerprint density at radius 3 is 3.00 bits per heavy atom. The van der Waals surface area contributed by atoms with E-state index in [1.165, 1.54) is 47.8 Å². The summed E-state index contributed by atoms with van der Waals surface area (Å²) in [5, 5.41) is 2.11. The van der Waals surface area contributed by atoms with Gasteiger partial charge in [-0.1, -0.05) is 31.0 Å². The van der Waals surface area contributed by atoms with E-state index in [1.807, 2.05) is 11.8 Å². The summed E-state index contributed by atoms with van der Waals surface area (Å²) in [5.41, 5.74) is 4.79. The summed E-state index contributed by atoms with van der Waals surface area (Å²) in [7, 11) is 0. The van der Waals surface area contributed by atoms with E-state index in [9.17, 15) is 4.79 Å². The highest BCUT2D eigenvalue weighted by Crippen LogP contribution is 2.65. The van der Waals surface area contributed by atoms with Crippen molar-refractivity contribution in [1.29, 1.82) is 0 Å². The van der Waals surface area contributed by atoms with Gasteiger partial charge in [-0.05, 0) is 56.7 Å². The molecule has 1 saturated carbocycles. The second-order valence-electron chi connectivity index (χ2n) is 9.46. The zero-order valence-corrected chi connectivity index (χ0v) is 20.0. The van der Waals surface area contributed by atoms with Crippen LogP contribution in [0.4, 0.5) is 0 Å². The number of Topliss-reactive ketones (excluding diaryl/α,β-unsaturated/α-hetero) is 1. The first-order valence-corrected chi connectivity index (χ1v) is 12.6. The zero-order valence-electron chi connectivity index (χ0n) is 17.0. The van der Waals surface area contributed by atoms with Gasteiger partial charge < -0.3 is 27.6 Å². The van der Waals surface area contributed by atoms with Gasteiger partial charge in [0.05, 0.1) is 5.75 Å². The molecule has 1 aromatic carbocycles. The average molecular weight is 508 g/mol. The number of halogens is 1. The maximum absolute atomic E-state index is 11.6. The molecule has 2 fully saturated rings. The van der Waals surface area contributed by atoms with Gasteiger partial charge >= 0.3 is 0 Å². The van der Waals surface area contributed by atoms with Crippen molar-refractivity contribution >= 4 is 28.4 Å². The first-order valence-electron chi connectivity index (χ1n) is 10.5. The number of benzene rings is 1. The van der Waals surface area contributed by atoms with Crippen LogP contribution in [0.25, 0.3) is 10.9 Å². The summed E-state index contributed by atoms with van der Waals surface area (Å²) < 4.78 is 0.110. The molecule has 1 aromatic heterocycles. The van der Waals surface area contributed by atoms with Crippen LogP contribution >= 0.6 is 11.8 Å². The van der Waals surface area contributed by atoms with E-state index in [0.29, 0.717) is 22.2 Å². The standard InChI is InChI=1S/C23H29IN2OS/c1-4-8-26-14-22(10-19(22)28-12-15(2)27)13-23(24)17-6-5-7-18-20(17)16(11-25-18)9-21(23,26)3/h5-7,11,19,25H,4,8-10,12-14H2,1-3H3/q-1/t19-,21-,22+,23?/m1/s1. The van der Waals surface area contributed by atoms with Crippen LogP contribution in [0.1, 0.15) is 51.2 Å². The number of H-pyrrole nitrogens is 1. The number of alkyl halides is 1. The van der Waals surface area contributed by atoms with Crippen LogP contribution in [0.5, 0.6) is 0 Å². The van der Waals surface area contributed by atoms with Gasteiger partial charge in [0, 0.05) is 34.4 Å². The van der Waals surface area contributed by atoms with E-state index in [2.05, 4.69) is 70.7 Å². The van der Waals surface area contributed by atoms with Crippen molar-refractivity contribution in [3.63, 3.8) is 0 Å². The van der Waals surface area contributed by atoms with Gasteiger partial charge in [-0.2, -0.15) is 11.8 Å². The van der Waals surface area contributed by atoms with Crippen LogP contribution in [0.2, 0.25) is 0 Å². The van der Waals surface area contributed by atoms with Gasteiger partial charge in [0.15, 0.2) is 0 Å². The Kier molecular flexibility index (Phi) is 4.50. The molecule has 1 spiro atoms. The maximum atomic E-state index is 11.6. The summed E-state index contributed by atoms with van der Waals surface area (Å²) in [6.07, 6.45) is 7.05. The minimum Gasteiger partial charge on any atom is -0.783 e.